The third-order valence-electron chi connectivity index (χ3n) is 6.72. The molecule has 0 saturated carbocycles. The molecule has 15 heteroatoms. The number of nitrogens with zero attached hydrogens (tertiary/aromatic N) is 5. The Labute approximate surface area is 248 Å². The second-order valence-electron chi connectivity index (χ2n) is 9.78. The van der Waals surface area contributed by atoms with E-state index >= 15 is 0 Å². The number of hydrazine groups is 1. The summed E-state index contributed by atoms with van der Waals surface area (Å²) >= 11 is 0. The van der Waals surface area contributed by atoms with Crippen LogP contribution in [0.5, 0.6) is 0 Å². The van der Waals surface area contributed by atoms with E-state index in [9.17, 15) is 18.0 Å². The lowest BCUT2D eigenvalue weighted by Gasteiger charge is -2.34. The SMILES string of the molecule is COC(=O)N1CCCCC1NC(=O)Nc1nnc2cc(NNS(=O)(=O)c3ccc(C)cc3)nc(/C=C/c3ccccc3)n12. The van der Waals surface area contributed by atoms with Gasteiger partial charge in [-0.05, 0) is 50.0 Å². The first-order valence-electron chi connectivity index (χ1n) is 13.5. The predicted molar refractivity (Wildman–Crippen MR) is 160 cm³/mol. The molecule has 1 aliphatic rings. The first-order valence-corrected chi connectivity index (χ1v) is 15.0. The molecule has 0 radical (unpaired) electrons. The fourth-order valence-corrected chi connectivity index (χ4v) is 5.39. The van der Waals surface area contributed by atoms with Gasteiger partial charge in [0.15, 0.2) is 5.65 Å². The molecule has 5 rings (SSSR count). The van der Waals surface area contributed by atoms with E-state index in [4.69, 9.17) is 4.74 Å². The molecule has 4 N–H and O–H groups in total. The Kier molecular flexibility index (Phi) is 8.82. The van der Waals surface area contributed by atoms with Gasteiger partial charge in [-0.25, -0.2) is 27.4 Å². The normalized spacial score (nSPS) is 15.4. The van der Waals surface area contributed by atoms with Crippen molar-refractivity contribution in [2.75, 3.05) is 24.4 Å². The number of nitrogens with one attached hydrogen (secondary N) is 4. The monoisotopic (exact) mass is 605 g/mol. The van der Waals surface area contributed by atoms with E-state index in [1.54, 1.807) is 18.2 Å². The predicted octanol–water partition coefficient (Wildman–Crippen LogP) is 3.61. The maximum atomic E-state index is 13.0. The number of anilines is 2. The summed E-state index contributed by atoms with van der Waals surface area (Å²) in [4.78, 5) is 33.6. The molecule has 4 aromatic rings. The number of ether oxygens (including phenoxy) is 1. The zero-order valence-corrected chi connectivity index (χ0v) is 24.3. The number of methoxy groups -OCH3 is 1. The number of carbonyl (C=O) groups is 2. The fraction of sp³-hybridized carbons (Fsp3) is 0.250. The Morgan fingerprint density at radius 3 is 2.53 bits per heavy atom. The third kappa shape index (κ3) is 7.07. The zero-order chi connectivity index (χ0) is 30.4. The van der Waals surface area contributed by atoms with E-state index in [2.05, 4.69) is 36.1 Å². The number of urea groups is 1. The van der Waals surface area contributed by atoms with Gasteiger partial charge >= 0.3 is 12.1 Å². The maximum Gasteiger partial charge on any atom is 0.411 e. The molecule has 224 valence electrons. The summed E-state index contributed by atoms with van der Waals surface area (Å²) in [6, 6.07) is 16.8. The van der Waals surface area contributed by atoms with Gasteiger partial charge < -0.3 is 10.1 Å². The van der Waals surface area contributed by atoms with Crippen LogP contribution in [0.15, 0.2) is 65.6 Å². The van der Waals surface area contributed by atoms with Crippen LogP contribution in [-0.4, -0.2) is 64.8 Å². The van der Waals surface area contributed by atoms with Crippen molar-refractivity contribution < 1.29 is 22.7 Å². The minimum Gasteiger partial charge on any atom is -0.453 e. The van der Waals surface area contributed by atoms with Crippen LogP contribution in [0.4, 0.5) is 21.4 Å². The van der Waals surface area contributed by atoms with Crippen LogP contribution in [0.1, 0.15) is 36.2 Å². The number of sulfonamides is 1. The van der Waals surface area contributed by atoms with Crippen LogP contribution >= 0.6 is 0 Å². The summed E-state index contributed by atoms with van der Waals surface area (Å²) in [7, 11) is -2.60. The first kappa shape index (κ1) is 29.5. The third-order valence-corrected chi connectivity index (χ3v) is 7.99. The van der Waals surface area contributed by atoms with Crippen molar-refractivity contribution in [1.29, 1.82) is 0 Å². The van der Waals surface area contributed by atoms with Crippen molar-refractivity contribution in [3.63, 3.8) is 0 Å². The standard InChI is InChI=1S/C28H31N9O5S/c1-19-11-14-21(15-12-19)43(40,41)35-32-22-18-25-33-34-26(37(25)24(29-22)16-13-20-8-4-3-5-9-20)31-27(38)30-23-10-6-7-17-36(23)28(39)42-2/h3-5,8-9,11-16,18,23,32,35H,6-7,10,17H2,1-2H3,(H2,30,31,34,38)/b16-13+. The summed E-state index contributed by atoms with van der Waals surface area (Å²) in [6.45, 7) is 2.33. The fourth-order valence-electron chi connectivity index (χ4n) is 4.54. The molecule has 2 aromatic heterocycles. The molecule has 1 aliphatic heterocycles. The largest absolute Gasteiger partial charge is 0.453 e. The molecule has 2 aromatic carbocycles. The highest BCUT2D eigenvalue weighted by atomic mass is 32.2. The topological polar surface area (TPSA) is 172 Å². The van der Waals surface area contributed by atoms with Crippen LogP contribution in [0.25, 0.3) is 17.8 Å². The number of amides is 3. The molecule has 3 heterocycles. The van der Waals surface area contributed by atoms with E-state index < -0.39 is 28.3 Å². The molecular weight excluding hydrogens is 574 g/mol. The van der Waals surface area contributed by atoms with Gasteiger partial charge in [0.05, 0.1) is 12.0 Å². The average Bonchev–Trinajstić information content (AvgIpc) is 3.42. The molecule has 1 fully saturated rings. The number of aryl methyl sites for hydroxylation is 1. The van der Waals surface area contributed by atoms with Gasteiger partial charge in [0.25, 0.3) is 10.0 Å². The van der Waals surface area contributed by atoms with Gasteiger partial charge in [-0.1, -0.05) is 54.1 Å². The Balaban J connectivity index is 1.41. The number of aromatic nitrogens is 4. The molecule has 3 amide bonds. The molecular formula is C28H31N9O5S. The van der Waals surface area contributed by atoms with Crippen molar-refractivity contribution in [1.82, 2.24) is 34.6 Å². The lowest BCUT2D eigenvalue weighted by atomic mass is 10.1. The Morgan fingerprint density at radius 1 is 1.02 bits per heavy atom. The van der Waals surface area contributed by atoms with E-state index in [1.807, 2.05) is 43.3 Å². The number of hydrogen-bond donors (Lipinski definition) is 4. The molecule has 0 aliphatic carbocycles. The highest BCUT2D eigenvalue weighted by Crippen LogP contribution is 2.20. The molecule has 1 atom stereocenters. The van der Waals surface area contributed by atoms with Gasteiger partial charge in [-0.2, -0.15) is 0 Å². The maximum absolute atomic E-state index is 13.0. The number of rotatable bonds is 8. The minimum absolute atomic E-state index is 0.0694. The van der Waals surface area contributed by atoms with Crippen molar-refractivity contribution in [2.24, 2.45) is 0 Å². The number of likely N-dealkylation sites (tertiary alicyclic amines) is 1. The highest BCUT2D eigenvalue weighted by Gasteiger charge is 2.29. The summed E-state index contributed by atoms with van der Waals surface area (Å²) in [5, 5.41) is 13.8. The molecule has 1 saturated heterocycles. The van der Waals surface area contributed by atoms with E-state index in [0.29, 0.717) is 18.8 Å². The summed E-state index contributed by atoms with van der Waals surface area (Å²) in [5.74, 6) is 0.516. The average molecular weight is 606 g/mol. The number of carbonyl (C=O) groups excluding carboxylic acids is 2. The smallest absolute Gasteiger partial charge is 0.411 e. The van der Waals surface area contributed by atoms with Gasteiger partial charge in [0, 0.05) is 12.6 Å². The number of hydrogen-bond acceptors (Lipinski definition) is 9. The van der Waals surface area contributed by atoms with E-state index in [-0.39, 0.29) is 22.3 Å². The number of benzene rings is 2. The van der Waals surface area contributed by atoms with Gasteiger partial charge in [-0.15, -0.1) is 15.0 Å². The summed E-state index contributed by atoms with van der Waals surface area (Å²) in [5.41, 5.74) is 4.74. The first-order chi connectivity index (χ1) is 20.7. The molecule has 1 unspecified atom stereocenters. The molecule has 43 heavy (non-hydrogen) atoms. The van der Waals surface area contributed by atoms with Crippen LogP contribution in [-0.2, 0) is 14.8 Å². The van der Waals surface area contributed by atoms with E-state index in [0.717, 1.165) is 24.0 Å². The number of fused-ring (bicyclic) bond motifs is 1. The highest BCUT2D eigenvalue weighted by molar-refractivity contribution is 7.89. The van der Waals surface area contributed by atoms with Crippen LogP contribution in [0.3, 0.4) is 0 Å². The molecule has 0 bridgehead atoms. The van der Waals surface area contributed by atoms with Crippen molar-refractivity contribution >= 4 is 51.7 Å². The summed E-state index contributed by atoms with van der Waals surface area (Å²) in [6.07, 6.45) is 4.65. The van der Waals surface area contributed by atoms with Crippen LogP contribution in [0, 0.1) is 6.92 Å². The van der Waals surface area contributed by atoms with Crippen LogP contribution in [0.2, 0.25) is 0 Å². The lowest BCUT2D eigenvalue weighted by Crippen LogP contribution is -2.54. The van der Waals surface area contributed by atoms with Gasteiger partial charge in [0.1, 0.15) is 17.8 Å². The Morgan fingerprint density at radius 2 is 1.79 bits per heavy atom. The van der Waals surface area contributed by atoms with E-state index in [1.165, 1.54) is 34.6 Å². The lowest BCUT2D eigenvalue weighted by molar-refractivity contribution is 0.0827. The van der Waals surface area contributed by atoms with Crippen LogP contribution < -0.4 is 20.9 Å². The quantitative estimate of drug-likeness (QED) is 0.219. The van der Waals surface area contributed by atoms with Crippen molar-refractivity contribution in [2.45, 2.75) is 37.2 Å². The summed E-state index contributed by atoms with van der Waals surface area (Å²) < 4.78 is 32.0. The van der Waals surface area contributed by atoms with Gasteiger partial charge in [-0.3, -0.25) is 15.6 Å². The van der Waals surface area contributed by atoms with Gasteiger partial charge in [0.2, 0.25) is 5.95 Å². The molecule has 0 spiro atoms. The minimum atomic E-state index is -3.90. The second-order valence-corrected chi connectivity index (χ2v) is 11.5. The molecule has 14 nitrogen and oxygen atoms in total. The second kappa shape index (κ2) is 12.9. The van der Waals surface area contributed by atoms with Crippen molar-refractivity contribution in [3.05, 3.63) is 77.6 Å². The Bertz CT molecular complexity index is 1740. The zero-order valence-electron chi connectivity index (χ0n) is 23.5. The van der Waals surface area contributed by atoms with Crippen molar-refractivity contribution in [3.8, 4) is 0 Å². The Hall–Kier alpha value is -5.02. The number of piperidine rings is 1.